The molecule has 8 heteroatoms. The van der Waals surface area contributed by atoms with E-state index < -0.39 is 0 Å². The van der Waals surface area contributed by atoms with E-state index in [2.05, 4.69) is 29.0 Å². The van der Waals surface area contributed by atoms with Gasteiger partial charge in [0.1, 0.15) is 0 Å². The number of rotatable bonds is 4. The number of nitrogens with one attached hydrogen (secondary N) is 1. The molecule has 0 radical (unpaired) electrons. The van der Waals surface area contributed by atoms with Gasteiger partial charge in [-0.15, -0.1) is 11.3 Å². The molecular formula is C16H20N4O3S. The lowest BCUT2D eigenvalue weighted by Crippen LogP contribution is -2.44. The summed E-state index contributed by atoms with van der Waals surface area (Å²) in [7, 11) is 0. The van der Waals surface area contributed by atoms with Crippen LogP contribution in [0.1, 0.15) is 29.9 Å². The quantitative estimate of drug-likeness (QED) is 0.671. The first-order valence-electron chi connectivity index (χ1n) is 7.82. The zero-order valence-corrected chi connectivity index (χ0v) is 14.5. The topological polar surface area (TPSA) is 81.4 Å². The molecule has 0 aliphatic carbocycles. The molecule has 1 aliphatic rings. The molecule has 0 saturated carbocycles. The van der Waals surface area contributed by atoms with Crippen molar-refractivity contribution in [3.05, 3.63) is 46.4 Å². The molecule has 1 saturated heterocycles. The molecule has 2 aromatic rings. The number of ether oxygens (including phenoxy) is 1. The molecule has 1 N–H and O–H groups in total. The van der Waals surface area contributed by atoms with E-state index in [0.717, 1.165) is 25.3 Å². The molecule has 24 heavy (non-hydrogen) atoms. The lowest BCUT2D eigenvalue weighted by molar-refractivity contribution is -0.605. The van der Waals surface area contributed by atoms with E-state index in [1.54, 1.807) is 0 Å². The Hall–Kier alpha value is -2.03. The van der Waals surface area contributed by atoms with Crippen LogP contribution in [-0.2, 0) is 11.3 Å². The molecule has 2 unspecified atom stereocenters. The van der Waals surface area contributed by atoms with Crippen LogP contribution >= 0.6 is 11.3 Å². The van der Waals surface area contributed by atoms with Crippen LogP contribution in [0.4, 0.5) is 5.13 Å². The molecule has 1 amide bonds. The second-order valence-corrected chi connectivity index (χ2v) is 6.85. The van der Waals surface area contributed by atoms with Gasteiger partial charge in [-0.2, -0.15) is 4.73 Å². The first-order chi connectivity index (χ1) is 11.5. The second-order valence-electron chi connectivity index (χ2n) is 6.00. The Balaban J connectivity index is 1.59. The molecule has 0 bridgehead atoms. The molecule has 0 aromatic carbocycles. The molecule has 3 heterocycles. The lowest BCUT2D eigenvalue weighted by atomic mass is 10.2. The SMILES string of the molecule is CC1CN(Cc2csc(NC(=O)c3cc[n+]([O-])cc3)n2)CC(C)O1. The van der Waals surface area contributed by atoms with Crippen LogP contribution in [0.25, 0.3) is 0 Å². The normalized spacial score (nSPS) is 21.6. The number of nitrogens with zero attached hydrogens (tertiary/aromatic N) is 3. The van der Waals surface area contributed by atoms with Gasteiger partial charge in [-0.25, -0.2) is 4.98 Å². The Morgan fingerprint density at radius 3 is 2.75 bits per heavy atom. The standard InChI is InChI=1S/C16H20N4O3S/c1-11-7-19(8-12(2)23-11)9-14-10-24-16(17-14)18-15(21)13-3-5-20(22)6-4-13/h3-6,10-12H,7-9H2,1-2H3,(H,17,18,21). The molecule has 2 atom stereocenters. The van der Waals surface area contributed by atoms with Gasteiger partial charge in [0, 0.05) is 37.1 Å². The van der Waals surface area contributed by atoms with E-state index in [-0.39, 0.29) is 18.1 Å². The number of thiazole rings is 1. The van der Waals surface area contributed by atoms with E-state index in [1.807, 2.05) is 5.38 Å². The summed E-state index contributed by atoms with van der Waals surface area (Å²) in [5.74, 6) is -0.273. The van der Waals surface area contributed by atoms with Crippen molar-refractivity contribution in [2.45, 2.75) is 32.6 Å². The highest BCUT2D eigenvalue weighted by atomic mass is 32.1. The van der Waals surface area contributed by atoms with E-state index in [4.69, 9.17) is 4.74 Å². The van der Waals surface area contributed by atoms with Gasteiger partial charge in [-0.05, 0) is 13.8 Å². The van der Waals surface area contributed by atoms with Crippen molar-refractivity contribution in [1.82, 2.24) is 9.88 Å². The maximum atomic E-state index is 12.1. The fraction of sp³-hybridized carbons (Fsp3) is 0.438. The summed E-state index contributed by atoms with van der Waals surface area (Å²) in [5, 5.41) is 16.3. The molecule has 3 rings (SSSR count). The average Bonchev–Trinajstić information content (AvgIpc) is 2.93. The summed E-state index contributed by atoms with van der Waals surface area (Å²) >= 11 is 1.40. The lowest BCUT2D eigenvalue weighted by Gasteiger charge is -2.34. The number of pyridine rings is 1. The number of anilines is 1. The van der Waals surface area contributed by atoms with Gasteiger partial charge in [0.05, 0.1) is 23.5 Å². The van der Waals surface area contributed by atoms with E-state index >= 15 is 0 Å². The third kappa shape index (κ3) is 4.28. The smallest absolute Gasteiger partial charge is 0.257 e. The number of amides is 1. The number of hydrogen-bond donors (Lipinski definition) is 1. The van der Waals surface area contributed by atoms with Crippen molar-refractivity contribution in [3.8, 4) is 0 Å². The predicted molar refractivity (Wildman–Crippen MR) is 90.8 cm³/mol. The Morgan fingerprint density at radius 2 is 2.08 bits per heavy atom. The van der Waals surface area contributed by atoms with Gasteiger partial charge in [0.15, 0.2) is 17.5 Å². The minimum absolute atomic E-state index is 0.216. The second kappa shape index (κ2) is 7.25. The fourth-order valence-corrected chi connectivity index (χ4v) is 3.51. The van der Waals surface area contributed by atoms with Crippen molar-refractivity contribution in [1.29, 1.82) is 0 Å². The first-order valence-corrected chi connectivity index (χ1v) is 8.70. The number of carbonyl (C=O) groups excluding carboxylic acids is 1. The molecule has 128 valence electrons. The van der Waals surface area contributed by atoms with Gasteiger partial charge >= 0.3 is 0 Å². The zero-order chi connectivity index (χ0) is 17.1. The van der Waals surface area contributed by atoms with Crippen LogP contribution in [0, 0.1) is 5.21 Å². The Kier molecular flexibility index (Phi) is 5.08. The molecule has 1 aliphatic heterocycles. The Bertz CT molecular complexity index is 694. The first kappa shape index (κ1) is 16.8. The summed E-state index contributed by atoms with van der Waals surface area (Å²) < 4.78 is 6.37. The minimum atomic E-state index is -0.273. The number of aromatic nitrogens is 2. The molecule has 2 aromatic heterocycles. The summed E-state index contributed by atoms with van der Waals surface area (Å²) in [6.45, 7) is 6.64. The van der Waals surface area contributed by atoms with Crippen molar-refractivity contribution in [3.63, 3.8) is 0 Å². The highest BCUT2D eigenvalue weighted by Crippen LogP contribution is 2.19. The van der Waals surface area contributed by atoms with Gasteiger partial charge in [-0.1, -0.05) is 0 Å². The fourth-order valence-electron chi connectivity index (χ4n) is 2.81. The summed E-state index contributed by atoms with van der Waals surface area (Å²) in [6, 6.07) is 2.96. The molecule has 7 nitrogen and oxygen atoms in total. The van der Waals surface area contributed by atoms with Gasteiger partial charge in [0.2, 0.25) is 0 Å². The Morgan fingerprint density at radius 1 is 1.42 bits per heavy atom. The number of hydrogen-bond acceptors (Lipinski definition) is 6. The summed E-state index contributed by atoms with van der Waals surface area (Å²) in [6.07, 6.45) is 3.02. The van der Waals surface area contributed by atoms with Gasteiger partial charge in [-0.3, -0.25) is 15.0 Å². The van der Waals surface area contributed by atoms with Crippen LogP contribution in [0.2, 0.25) is 0 Å². The summed E-state index contributed by atoms with van der Waals surface area (Å²) in [4.78, 5) is 18.9. The molecule has 1 fully saturated rings. The highest BCUT2D eigenvalue weighted by molar-refractivity contribution is 7.13. The summed E-state index contributed by atoms with van der Waals surface area (Å²) in [5.41, 5.74) is 1.36. The third-order valence-corrected chi connectivity index (χ3v) is 4.52. The third-order valence-electron chi connectivity index (χ3n) is 3.72. The van der Waals surface area contributed by atoms with Crippen molar-refractivity contribution in [2.75, 3.05) is 18.4 Å². The van der Waals surface area contributed by atoms with Crippen LogP contribution in [0.5, 0.6) is 0 Å². The number of morpholine rings is 1. The number of carbonyl (C=O) groups is 1. The molecular weight excluding hydrogens is 328 g/mol. The van der Waals surface area contributed by atoms with Crippen molar-refractivity contribution >= 4 is 22.4 Å². The average molecular weight is 348 g/mol. The van der Waals surface area contributed by atoms with Crippen LogP contribution < -0.4 is 10.0 Å². The predicted octanol–water partition coefficient (Wildman–Crippen LogP) is 1.64. The maximum Gasteiger partial charge on any atom is 0.257 e. The van der Waals surface area contributed by atoms with Crippen LogP contribution in [0.15, 0.2) is 29.9 Å². The highest BCUT2D eigenvalue weighted by Gasteiger charge is 2.22. The van der Waals surface area contributed by atoms with Gasteiger partial charge < -0.3 is 9.94 Å². The maximum absolute atomic E-state index is 12.1. The van der Waals surface area contributed by atoms with Crippen LogP contribution in [-0.4, -0.2) is 41.1 Å². The van der Waals surface area contributed by atoms with E-state index in [1.165, 1.54) is 35.9 Å². The minimum Gasteiger partial charge on any atom is -0.619 e. The van der Waals surface area contributed by atoms with E-state index in [0.29, 0.717) is 15.4 Å². The zero-order valence-electron chi connectivity index (χ0n) is 13.6. The monoisotopic (exact) mass is 348 g/mol. The van der Waals surface area contributed by atoms with Crippen molar-refractivity contribution < 1.29 is 14.3 Å². The Labute approximate surface area is 144 Å². The van der Waals surface area contributed by atoms with Crippen molar-refractivity contribution in [2.24, 2.45) is 0 Å². The van der Waals surface area contributed by atoms with E-state index in [9.17, 15) is 10.0 Å². The largest absolute Gasteiger partial charge is 0.619 e. The van der Waals surface area contributed by atoms with Crippen LogP contribution in [0.3, 0.4) is 0 Å². The molecule has 0 spiro atoms. The van der Waals surface area contributed by atoms with Gasteiger partial charge in [0.25, 0.3) is 5.91 Å².